The number of hydrogen-bond acceptors (Lipinski definition) is 4. The molecule has 0 bridgehead atoms. The minimum Gasteiger partial charge on any atom is -0.467 e. The zero-order chi connectivity index (χ0) is 20.1. The molecule has 0 aliphatic carbocycles. The molecule has 3 aromatic rings. The van der Waals surface area contributed by atoms with Crippen molar-refractivity contribution in [2.75, 3.05) is 6.54 Å². The molecule has 6 heteroatoms. The molecule has 0 saturated carbocycles. The molecule has 150 valence electrons. The second-order valence-corrected chi connectivity index (χ2v) is 8.33. The van der Waals surface area contributed by atoms with Gasteiger partial charge in [0.25, 0.3) is 0 Å². The zero-order valence-electron chi connectivity index (χ0n) is 16.1. The summed E-state index contributed by atoms with van der Waals surface area (Å²) in [6.07, 6.45) is 3.50. The standard InChI is InChI=1S/C23H24N2O3S/c26-22(14-20-9-5-13-29-20)25-16-18(23(27)24-15-19-8-4-12-28-19)10-11-21(25)17-6-2-1-3-7-17/h1-9,12-13,18,21H,10-11,14-16H2,(H,24,27). The SMILES string of the molecule is O=C(NCc1ccco1)C1CCC(c2ccccc2)N(C(=O)Cc2cccs2)C1. The van der Waals surface area contributed by atoms with Crippen LogP contribution < -0.4 is 5.32 Å². The van der Waals surface area contributed by atoms with E-state index in [1.165, 1.54) is 0 Å². The predicted molar refractivity (Wildman–Crippen MR) is 112 cm³/mol. The van der Waals surface area contributed by atoms with Crippen molar-refractivity contribution in [3.8, 4) is 0 Å². The van der Waals surface area contributed by atoms with E-state index in [-0.39, 0.29) is 23.8 Å². The summed E-state index contributed by atoms with van der Waals surface area (Å²) >= 11 is 1.59. The van der Waals surface area contributed by atoms with Crippen LogP contribution in [0.3, 0.4) is 0 Å². The molecule has 0 spiro atoms. The van der Waals surface area contributed by atoms with Gasteiger partial charge in [-0.05, 0) is 42.0 Å². The predicted octanol–water partition coefficient (Wildman–Crippen LogP) is 4.18. The first kappa shape index (κ1) is 19.5. The highest BCUT2D eigenvalue weighted by atomic mass is 32.1. The summed E-state index contributed by atoms with van der Waals surface area (Å²) in [5.41, 5.74) is 1.13. The van der Waals surface area contributed by atoms with E-state index in [1.807, 2.05) is 46.7 Å². The van der Waals surface area contributed by atoms with E-state index in [0.29, 0.717) is 19.5 Å². The van der Waals surface area contributed by atoms with Crippen LogP contribution in [0.2, 0.25) is 0 Å². The van der Waals surface area contributed by atoms with Crippen molar-refractivity contribution in [3.05, 3.63) is 82.4 Å². The average Bonchev–Trinajstić information content (AvgIpc) is 3.46. The molecule has 1 aromatic carbocycles. The van der Waals surface area contributed by atoms with E-state index < -0.39 is 0 Å². The molecule has 2 atom stereocenters. The van der Waals surface area contributed by atoms with Gasteiger partial charge >= 0.3 is 0 Å². The molecule has 1 N–H and O–H groups in total. The fourth-order valence-corrected chi connectivity index (χ4v) is 4.57. The first-order valence-electron chi connectivity index (χ1n) is 9.87. The third-order valence-electron chi connectivity index (χ3n) is 5.38. The van der Waals surface area contributed by atoms with Crippen molar-refractivity contribution in [1.29, 1.82) is 0 Å². The summed E-state index contributed by atoms with van der Waals surface area (Å²) in [4.78, 5) is 28.8. The quantitative estimate of drug-likeness (QED) is 0.666. The van der Waals surface area contributed by atoms with Crippen molar-refractivity contribution < 1.29 is 14.0 Å². The molecule has 1 saturated heterocycles. The molecule has 3 heterocycles. The van der Waals surface area contributed by atoms with E-state index in [2.05, 4.69) is 17.4 Å². The Bertz CT molecular complexity index is 922. The van der Waals surface area contributed by atoms with Gasteiger partial charge in [-0.25, -0.2) is 0 Å². The van der Waals surface area contributed by atoms with Crippen molar-refractivity contribution in [3.63, 3.8) is 0 Å². The van der Waals surface area contributed by atoms with Gasteiger partial charge in [0.05, 0.1) is 31.2 Å². The summed E-state index contributed by atoms with van der Waals surface area (Å²) < 4.78 is 5.29. The summed E-state index contributed by atoms with van der Waals surface area (Å²) in [6.45, 7) is 0.807. The van der Waals surface area contributed by atoms with E-state index >= 15 is 0 Å². The number of rotatable bonds is 6. The van der Waals surface area contributed by atoms with Crippen LogP contribution in [0.1, 0.15) is 35.1 Å². The van der Waals surface area contributed by atoms with Crippen LogP contribution in [0.5, 0.6) is 0 Å². The van der Waals surface area contributed by atoms with Crippen LogP contribution in [-0.4, -0.2) is 23.3 Å². The van der Waals surface area contributed by atoms with Gasteiger partial charge in [-0.15, -0.1) is 11.3 Å². The number of furan rings is 1. The third kappa shape index (κ3) is 4.77. The Morgan fingerprint density at radius 2 is 1.93 bits per heavy atom. The fraction of sp³-hybridized carbons (Fsp3) is 0.304. The third-order valence-corrected chi connectivity index (χ3v) is 6.26. The molecule has 4 rings (SSSR count). The first-order valence-corrected chi connectivity index (χ1v) is 10.8. The lowest BCUT2D eigenvalue weighted by molar-refractivity contribution is -0.138. The molecule has 0 radical (unpaired) electrons. The lowest BCUT2D eigenvalue weighted by atomic mass is 9.88. The second kappa shape index (κ2) is 9.09. The number of carbonyl (C=O) groups excluding carboxylic acids is 2. The van der Waals surface area contributed by atoms with Crippen LogP contribution in [0, 0.1) is 5.92 Å². The second-order valence-electron chi connectivity index (χ2n) is 7.30. The topological polar surface area (TPSA) is 62.6 Å². The molecule has 5 nitrogen and oxygen atoms in total. The maximum atomic E-state index is 13.1. The molecular formula is C23H24N2O3S. The number of benzene rings is 1. The first-order chi connectivity index (χ1) is 14.2. The molecule has 1 aliphatic heterocycles. The summed E-state index contributed by atoms with van der Waals surface area (Å²) in [5.74, 6) is 0.561. The number of nitrogens with one attached hydrogen (secondary N) is 1. The average molecular weight is 409 g/mol. The van der Waals surface area contributed by atoms with Crippen LogP contribution in [0.4, 0.5) is 0 Å². The van der Waals surface area contributed by atoms with Gasteiger partial charge in [0.1, 0.15) is 5.76 Å². The largest absolute Gasteiger partial charge is 0.467 e. The Labute approximate surface area is 174 Å². The molecule has 2 aromatic heterocycles. The molecular weight excluding hydrogens is 384 g/mol. The number of likely N-dealkylation sites (tertiary alicyclic amines) is 1. The van der Waals surface area contributed by atoms with E-state index in [0.717, 1.165) is 29.0 Å². The molecule has 2 amide bonds. The van der Waals surface area contributed by atoms with Gasteiger partial charge in [0.2, 0.25) is 11.8 Å². The highest BCUT2D eigenvalue weighted by Gasteiger charge is 2.35. The van der Waals surface area contributed by atoms with Gasteiger partial charge in [0, 0.05) is 11.4 Å². The van der Waals surface area contributed by atoms with Gasteiger partial charge in [0.15, 0.2) is 0 Å². The zero-order valence-corrected chi connectivity index (χ0v) is 16.9. The number of nitrogens with zero attached hydrogens (tertiary/aromatic N) is 1. The molecule has 2 unspecified atom stereocenters. The van der Waals surface area contributed by atoms with Crippen LogP contribution in [0.15, 0.2) is 70.7 Å². The van der Waals surface area contributed by atoms with Crippen LogP contribution >= 0.6 is 11.3 Å². The Kier molecular flexibility index (Phi) is 6.10. The highest BCUT2D eigenvalue weighted by Crippen LogP contribution is 2.34. The normalized spacial score (nSPS) is 19.1. The fourth-order valence-electron chi connectivity index (χ4n) is 3.88. The van der Waals surface area contributed by atoms with Crippen molar-refractivity contribution in [1.82, 2.24) is 10.2 Å². The lowest BCUT2D eigenvalue weighted by Crippen LogP contribution is -2.47. The Balaban J connectivity index is 1.47. The van der Waals surface area contributed by atoms with Crippen molar-refractivity contribution >= 4 is 23.2 Å². The van der Waals surface area contributed by atoms with Crippen molar-refractivity contribution in [2.24, 2.45) is 5.92 Å². The smallest absolute Gasteiger partial charge is 0.228 e. The van der Waals surface area contributed by atoms with Gasteiger partial charge in [-0.2, -0.15) is 0 Å². The molecule has 1 fully saturated rings. The minimum absolute atomic E-state index is 0.0118. The summed E-state index contributed by atoms with van der Waals surface area (Å²) in [5, 5.41) is 4.93. The van der Waals surface area contributed by atoms with Gasteiger partial charge in [-0.3, -0.25) is 9.59 Å². The van der Waals surface area contributed by atoms with Gasteiger partial charge < -0.3 is 14.6 Å². The minimum atomic E-state index is -0.211. The van der Waals surface area contributed by atoms with E-state index in [9.17, 15) is 9.59 Å². The van der Waals surface area contributed by atoms with Gasteiger partial charge in [-0.1, -0.05) is 36.4 Å². The Hall–Kier alpha value is -2.86. The number of piperidine rings is 1. The van der Waals surface area contributed by atoms with E-state index in [1.54, 1.807) is 23.7 Å². The highest BCUT2D eigenvalue weighted by molar-refractivity contribution is 7.10. The maximum Gasteiger partial charge on any atom is 0.228 e. The number of thiophene rings is 1. The molecule has 1 aliphatic rings. The number of amides is 2. The number of carbonyl (C=O) groups is 2. The van der Waals surface area contributed by atoms with E-state index in [4.69, 9.17) is 4.42 Å². The van der Waals surface area contributed by atoms with Crippen LogP contribution in [-0.2, 0) is 22.6 Å². The summed E-state index contributed by atoms with van der Waals surface area (Å²) in [6, 6.07) is 17.7. The molecule has 29 heavy (non-hydrogen) atoms. The number of hydrogen-bond donors (Lipinski definition) is 1. The lowest BCUT2D eigenvalue weighted by Gasteiger charge is -2.39. The monoisotopic (exact) mass is 408 g/mol. The van der Waals surface area contributed by atoms with Crippen LogP contribution in [0.25, 0.3) is 0 Å². The Morgan fingerprint density at radius 3 is 2.66 bits per heavy atom. The maximum absolute atomic E-state index is 13.1. The summed E-state index contributed by atoms with van der Waals surface area (Å²) in [7, 11) is 0. The Morgan fingerprint density at radius 1 is 1.07 bits per heavy atom. The van der Waals surface area contributed by atoms with Crippen molar-refractivity contribution in [2.45, 2.75) is 31.8 Å².